The second kappa shape index (κ2) is 8.02. The number of aromatic amines is 1. The van der Waals surface area contributed by atoms with E-state index in [-0.39, 0.29) is 17.7 Å². The number of amides is 2. The first-order valence-corrected chi connectivity index (χ1v) is 11.0. The molecule has 1 unspecified atom stereocenters. The molecule has 1 atom stereocenters. The molecule has 0 saturated carbocycles. The van der Waals surface area contributed by atoms with E-state index in [0.29, 0.717) is 12.1 Å². The van der Waals surface area contributed by atoms with Crippen LogP contribution in [0.15, 0.2) is 48.7 Å². The summed E-state index contributed by atoms with van der Waals surface area (Å²) in [7, 11) is 0. The maximum atomic E-state index is 12.7. The van der Waals surface area contributed by atoms with Crippen LogP contribution in [0.4, 0.5) is 0 Å². The van der Waals surface area contributed by atoms with Crippen LogP contribution in [0.3, 0.4) is 0 Å². The van der Waals surface area contributed by atoms with Gasteiger partial charge >= 0.3 is 0 Å². The fourth-order valence-corrected chi connectivity index (χ4v) is 4.46. The highest BCUT2D eigenvalue weighted by Crippen LogP contribution is 2.30. The van der Waals surface area contributed by atoms with E-state index in [2.05, 4.69) is 22.2 Å². The summed E-state index contributed by atoms with van der Waals surface area (Å²) in [6.45, 7) is 4.45. The number of hydrogen-bond donors (Lipinski definition) is 2. The molecule has 0 aliphatic carbocycles. The summed E-state index contributed by atoms with van der Waals surface area (Å²) in [6, 6.07) is 13.6. The molecule has 4 heterocycles. The molecule has 1 aromatic carbocycles. The lowest BCUT2D eigenvalue weighted by molar-refractivity contribution is 0.0724. The predicted octanol–water partition coefficient (Wildman–Crippen LogP) is 4.22. The summed E-state index contributed by atoms with van der Waals surface area (Å²) in [5.74, 6) is 0.337. The number of likely N-dealkylation sites (tertiary alicyclic amines) is 1. The van der Waals surface area contributed by atoms with Crippen LogP contribution >= 0.6 is 0 Å². The van der Waals surface area contributed by atoms with Crippen LogP contribution in [0, 0.1) is 0 Å². The van der Waals surface area contributed by atoms with Gasteiger partial charge in [0.25, 0.3) is 11.8 Å². The van der Waals surface area contributed by atoms with E-state index in [0.717, 1.165) is 59.7 Å². The van der Waals surface area contributed by atoms with Crippen molar-refractivity contribution >= 4 is 11.8 Å². The molecular formula is C25H26N4O2. The van der Waals surface area contributed by atoms with E-state index in [1.807, 2.05) is 47.4 Å². The van der Waals surface area contributed by atoms with Crippen molar-refractivity contribution in [3.8, 4) is 22.5 Å². The van der Waals surface area contributed by atoms with Gasteiger partial charge < -0.3 is 15.2 Å². The minimum absolute atomic E-state index is 0.0289. The summed E-state index contributed by atoms with van der Waals surface area (Å²) in [5, 5.41) is 2.93. The van der Waals surface area contributed by atoms with Crippen molar-refractivity contribution < 1.29 is 9.59 Å². The first-order chi connectivity index (χ1) is 15.1. The highest BCUT2D eigenvalue weighted by molar-refractivity contribution is 5.98. The molecule has 2 N–H and O–H groups in total. The molecule has 1 fully saturated rings. The van der Waals surface area contributed by atoms with Gasteiger partial charge in [-0.3, -0.25) is 14.6 Å². The average molecular weight is 415 g/mol. The lowest BCUT2D eigenvalue weighted by Gasteiger charge is -2.26. The molecule has 6 heteroatoms. The molecular weight excluding hydrogens is 388 g/mol. The van der Waals surface area contributed by atoms with Crippen LogP contribution in [0.25, 0.3) is 22.5 Å². The molecule has 5 rings (SSSR count). The van der Waals surface area contributed by atoms with E-state index in [4.69, 9.17) is 0 Å². The number of carbonyl (C=O) groups is 2. The fourth-order valence-electron chi connectivity index (χ4n) is 4.46. The minimum atomic E-state index is -0.0289. The molecule has 3 aromatic rings. The van der Waals surface area contributed by atoms with Crippen molar-refractivity contribution in [1.29, 1.82) is 0 Å². The van der Waals surface area contributed by atoms with Crippen LogP contribution in [0.1, 0.15) is 58.5 Å². The van der Waals surface area contributed by atoms with Crippen molar-refractivity contribution in [2.24, 2.45) is 0 Å². The molecule has 2 aliphatic rings. The largest absolute Gasteiger partial charge is 0.357 e. The highest BCUT2D eigenvalue weighted by atomic mass is 16.2. The Bertz CT molecular complexity index is 1130. The average Bonchev–Trinajstić information content (AvgIpc) is 3.29. The number of nitrogens with zero attached hydrogens (tertiary/aromatic N) is 2. The second-order valence-corrected chi connectivity index (χ2v) is 8.48. The Morgan fingerprint density at radius 1 is 1.03 bits per heavy atom. The SMILES string of the molecule is CC1CNC(=O)c2cc(-c3ccnc(-c4ccc(C(=O)N5CCCCC5)cc4)c3)[nH]c21. The molecule has 158 valence electrons. The summed E-state index contributed by atoms with van der Waals surface area (Å²) < 4.78 is 0. The van der Waals surface area contributed by atoms with Gasteiger partial charge in [-0.25, -0.2) is 0 Å². The topological polar surface area (TPSA) is 78.1 Å². The van der Waals surface area contributed by atoms with Crippen molar-refractivity contribution in [1.82, 2.24) is 20.2 Å². The number of hydrogen-bond acceptors (Lipinski definition) is 3. The van der Waals surface area contributed by atoms with Crippen LogP contribution in [0.5, 0.6) is 0 Å². The number of rotatable bonds is 3. The zero-order valence-corrected chi connectivity index (χ0v) is 17.6. The number of fused-ring (bicyclic) bond motifs is 1. The third-order valence-corrected chi connectivity index (χ3v) is 6.30. The van der Waals surface area contributed by atoms with Crippen molar-refractivity contribution in [2.75, 3.05) is 19.6 Å². The van der Waals surface area contributed by atoms with Gasteiger partial charge in [0, 0.05) is 59.8 Å². The minimum Gasteiger partial charge on any atom is -0.357 e. The Morgan fingerprint density at radius 2 is 1.81 bits per heavy atom. The highest BCUT2D eigenvalue weighted by Gasteiger charge is 2.25. The van der Waals surface area contributed by atoms with Crippen LogP contribution in [0.2, 0.25) is 0 Å². The maximum absolute atomic E-state index is 12.7. The van der Waals surface area contributed by atoms with Crippen LogP contribution in [-0.4, -0.2) is 46.3 Å². The maximum Gasteiger partial charge on any atom is 0.253 e. The number of pyridine rings is 1. The molecule has 0 spiro atoms. The lowest BCUT2D eigenvalue weighted by Crippen LogP contribution is -2.35. The Balaban J connectivity index is 1.40. The van der Waals surface area contributed by atoms with Gasteiger partial charge in [-0.2, -0.15) is 0 Å². The zero-order chi connectivity index (χ0) is 21.4. The van der Waals surface area contributed by atoms with E-state index in [9.17, 15) is 9.59 Å². The summed E-state index contributed by atoms with van der Waals surface area (Å²) >= 11 is 0. The Labute approximate surface area is 181 Å². The van der Waals surface area contributed by atoms with Gasteiger partial charge in [0.05, 0.1) is 11.3 Å². The van der Waals surface area contributed by atoms with Gasteiger partial charge in [-0.15, -0.1) is 0 Å². The number of nitrogens with one attached hydrogen (secondary N) is 2. The smallest absolute Gasteiger partial charge is 0.253 e. The molecule has 2 aromatic heterocycles. The van der Waals surface area contributed by atoms with E-state index in [1.165, 1.54) is 6.42 Å². The number of benzene rings is 1. The van der Waals surface area contributed by atoms with Gasteiger partial charge in [0.1, 0.15) is 0 Å². The van der Waals surface area contributed by atoms with Crippen molar-refractivity contribution in [2.45, 2.75) is 32.1 Å². The first-order valence-electron chi connectivity index (χ1n) is 11.0. The van der Waals surface area contributed by atoms with Gasteiger partial charge in [-0.1, -0.05) is 19.1 Å². The third kappa shape index (κ3) is 3.74. The first kappa shape index (κ1) is 19.5. The Hall–Kier alpha value is -3.41. The fraction of sp³-hybridized carbons (Fsp3) is 0.320. The monoisotopic (exact) mass is 414 g/mol. The predicted molar refractivity (Wildman–Crippen MR) is 120 cm³/mol. The molecule has 6 nitrogen and oxygen atoms in total. The second-order valence-electron chi connectivity index (χ2n) is 8.48. The molecule has 2 aliphatic heterocycles. The third-order valence-electron chi connectivity index (χ3n) is 6.30. The zero-order valence-electron chi connectivity index (χ0n) is 17.6. The van der Waals surface area contributed by atoms with Crippen molar-refractivity contribution in [3.63, 3.8) is 0 Å². The van der Waals surface area contributed by atoms with E-state index < -0.39 is 0 Å². The molecule has 0 radical (unpaired) electrons. The van der Waals surface area contributed by atoms with E-state index >= 15 is 0 Å². The molecule has 31 heavy (non-hydrogen) atoms. The van der Waals surface area contributed by atoms with Crippen LogP contribution in [-0.2, 0) is 0 Å². The number of piperidine rings is 1. The van der Waals surface area contributed by atoms with Gasteiger partial charge in [0.2, 0.25) is 0 Å². The number of carbonyl (C=O) groups excluding carboxylic acids is 2. The molecule has 2 amide bonds. The number of aromatic nitrogens is 2. The Kier molecular flexibility index (Phi) is 5.06. The normalized spacial score (nSPS) is 18.4. The van der Waals surface area contributed by atoms with Gasteiger partial charge in [-0.05, 0) is 49.6 Å². The summed E-state index contributed by atoms with van der Waals surface area (Å²) in [5.41, 5.74) is 6.10. The molecule has 0 bridgehead atoms. The van der Waals surface area contributed by atoms with Crippen LogP contribution < -0.4 is 5.32 Å². The molecule has 1 saturated heterocycles. The lowest BCUT2D eigenvalue weighted by atomic mass is 9.99. The summed E-state index contributed by atoms with van der Waals surface area (Å²) in [6.07, 6.45) is 5.16. The van der Waals surface area contributed by atoms with Gasteiger partial charge in [0.15, 0.2) is 0 Å². The summed E-state index contributed by atoms with van der Waals surface area (Å²) in [4.78, 5) is 34.8. The van der Waals surface area contributed by atoms with Crippen molar-refractivity contribution in [3.05, 3.63) is 65.5 Å². The quantitative estimate of drug-likeness (QED) is 0.674. The standard InChI is InChI=1S/C25H26N4O2/c1-16-15-27-24(30)20-14-22(28-23(16)20)19-9-10-26-21(13-19)17-5-7-18(8-6-17)25(31)29-11-3-2-4-12-29/h5-10,13-14,16,28H,2-4,11-12,15H2,1H3,(H,27,30). The Morgan fingerprint density at radius 3 is 2.55 bits per heavy atom. The van der Waals surface area contributed by atoms with E-state index in [1.54, 1.807) is 6.20 Å². The number of H-pyrrole nitrogens is 1.